The van der Waals surface area contributed by atoms with Crippen molar-refractivity contribution >= 4 is 35.2 Å². The van der Waals surface area contributed by atoms with E-state index in [-0.39, 0.29) is 12.1 Å². The summed E-state index contributed by atoms with van der Waals surface area (Å²) in [6.45, 7) is 3.87. The largest absolute Gasteiger partial charge is 0.459 e. The highest BCUT2D eigenvalue weighted by Gasteiger charge is 2.34. The Balaban J connectivity index is 1.87. The molecule has 3 atom stereocenters. The van der Waals surface area contributed by atoms with Gasteiger partial charge in [0.15, 0.2) is 0 Å². The van der Waals surface area contributed by atoms with Crippen molar-refractivity contribution in [2.75, 3.05) is 0 Å². The van der Waals surface area contributed by atoms with Gasteiger partial charge in [-0.15, -0.1) is 0 Å². The van der Waals surface area contributed by atoms with Gasteiger partial charge in [-0.2, -0.15) is 0 Å². The van der Waals surface area contributed by atoms with Crippen LogP contribution in [0.1, 0.15) is 51.1 Å². The van der Waals surface area contributed by atoms with Crippen molar-refractivity contribution in [1.29, 1.82) is 0 Å². The zero-order valence-corrected chi connectivity index (χ0v) is 16.3. The van der Waals surface area contributed by atoms with Crippen molar-refractivity contribution in [3.63, 3.8) is 0 Å². The van der Waals surface area contributed by atoms with Crippen LogP contribution in [0, 0.1) is 5.92 Å². The van der Waals surface area contributed by atoms with Gasteiger partial charge >= 0.3 is 12.0 Å². The number of hydrogen-bond donors (Lipinski definition) is 2. The maximum Gasteiger partial charge on any atom is 0.338 e. The Hall–Kier alpha value is -1.72. The van der Waals surface area contributed by atoms with E-state index in [0.717, 1.165) is 19.3 Å². The van der Waals surface area contributed by atoms with Crippen molar-refractivity contribution in [3.8, 4) is 0 Å². The molecule has 1 aromatic carbocycles. The number of amides is 2. The molecule has 1 aromatic rings. The number of halogens is 2. The Kier molecular flexibility index (Phi) is 5.78. The van der Waals surface area contributed by atoms with Gasteiger partial charge in [-0.1, -0.05) is 42.6 Å². The Morgan fingerprint density at radius 3 is 2.69 bits per heavy atom. The minimum Gasteiger partial charge on any atom is -0.459 e. The summed E-state index contributed by atoms with van der Waals surface area (Å²) in [5.41, 5.74) is 1.55. The van der Waals surface area contributed by atoms with Crippen molar-refractivity contribution in [2.24, 2.45) is 5.92 Å². The number of hydrogen-bond acceptors (Lipinski definition) is 3. The summed E-state index contributed by atoms with van der Waals surface area (Å²) in [6.07, 6.45) is 3.88. The fraction of sp³-hybridized carbons (Fsp3) is 0.474. The number of benzene rings is 1. The molecule has 0 spiro atoms. The van der Waals surface area contributed by atoms with Crippen LogP contribution < -0.4 is 10.6 Å². The quantitative estimate of drug-likeness (QED) is 0.724. The van der Waals surface area contributed by atoms with E-state index >= 15 is 0 Å². The highest BCUT2D eigenvalue weighted by atomic mass is 35.5. The molecule has 140 valence electrons. The van der Waals surface area contributed by atoms with E-state index in [2.05, 4.69) is 17.6 Å². The molecule has 0 saturated heterocycles. The predicted molar refractivity (Wildman–Crippen MR) is 101 cm³/mol. The molecule has 7 heteroatoms. The third-order valence-corrected chi connectivity index (χ3v) is 5.67. The van der Waals surface area contributed by atoms with Gasteiger partial charge < -0.3 is 15.4 Å². The van der Waals surface area contributed by atoms with E-state index in [0.29, 0.717) is 32.8 Å². The Labute approximate surface area is 163 Å². The molecular weight excluding hydrogens is 375 g/mol. The number of urea groups is 1. The van der Waals surface area contributed by atoms with Gasteiger partial charge in [0.2, 0.25) is 0 Å². The topological polar surface area (TPSA) is 67.4 Å². The molecule has 0 bridgehead atoms. The zero-order chi connectivity index (χ0) is 18.8. The highest BCUT2D eigenvalue weighted by Crippen LogP contribution is 2.33. The standard InChI is InChI=1S/C19H22Cl2N2O3/c1-10-4-3-5-13(8-10)26-18(24)16-11(2)22-19(25)23-17(16)12-6-7-14(20)15(21)9-12/h6-7,9-10,13,17H,3-5,8H2,1-2H3,(H2,22,23,25)/t10-,13+,17+/m0/s1. The lowest BCUT2D eigenvalue weighted by atomic mass is 9.88. The summed E-state index contributed by atoms with van der Waals surface area (Å²) < 4.78 is 5.77. The van der Waals surface area contributed by atoms with Crippen LogP contribution in [-0.2, 0) is 9.53 Å². The molecule has 3 rings (SSSR count). The maximum absolute atomic E-state index is 12.9. The summed E-state index contributed by atoms with van der Waals surface area (Å²) >= 11 is 12.1. The lowest BCUT2D eigenvalue weighted by Crippen LogP contribution is -2.45. The average molecular weight is 397 g/mol. The van der Waals surface area contributed by atoms with E-state index in [1.165, 1.54) is 6.42 Å². The molecule has 1 heterocycles. The van der Waals surface area contributed by atoms with E-state index < -0.39 is 12.0 Å². The molecule has 2 N–H and O–H groups in total. The monoisotopic (exact) mass is 396 g/mol. The number of allylic oxidation sites excluding steroid dienone is 1. The smallest absolute Gasteiger partial charge is 0.338 e. The number of rotatable bonds is 3. The fourth-order valence-corrected chi connectivity index (χ4v) is 3.91. The SMILES string of the molecule is CC1=C(C(=O)O[C@@H]2CCC[C@H](C)C2)[C@@H](c2ccc(Cl)c(Cl)c2)NC(=O)N1. The van der Waals surface area contributed by atoms with Crippen molar-refractivity contribution in [1.82, 2.24) is 10.6 Å². The third kappa shape index (κ3) is 4.15. The summed E-state index contributed by atoms with van der Waals surface area (Å²) in [7, 11) is 0. The summed E-state index contributed by atoms with van der Waals surface area (Å²) in [6, 6.07) is 4.04. The lowest BCUT2D eigenvalue weighted by Gasteiger charge is -2.31. The molecule has 1 aliphatic carbocycles. The second-order valence-electron chi connectivity index (χ2n) is 7.04. The van der Waals surface area contributed by atoms with Gasteiger partial charge in [-0.05, 0) is 49.8 Å². The van der Waals surface area contributed by atoms with Gasteiger partial charge in [0.1, 0.15) is 6.10 Å². The highest BCUT2D eigenvalue weighted by molar-refractivity contribution is 6.42. The van der Waals surface area contributed by atoms with Crippen LogP contribution in [0.15, 0.2) is 29.5 Å². The molecule has 0 radical (unpaired) electrons. The van der Waals surface area contributed by atoms with Crippen LogP contribution in [0.3, 0.4) is 0 Å². The van der Waals surface area contributed by atoms with Crippen molar-refractivity contribution in [2.45, 2.75) is 51.7 Å². The van der Waals surface area contributed by atoms with E-state index in [1.807, 2.05) is 0 Å². The lowest BCUT2D eigenvalue weighted by molar-refractivity contribution is -0.146. The van der Waals surface area contributed by atoms with E-state index in [9.17, 15) is 9.59 Å². The minimum atomic E-state index is -0.632. The molecule has 0 unspecified atom stereocenters. The first kappa shape index (κ1) is 19.1. The normalized spacial score (nSPS) is 26.2. The Morgan fingerprint density at radius 1 is 1.23 bits per heavy atom. The molecule has 1 fully saturated rings. The number of ether oxygens (including phenoxy) is 1. The van der Waals surface area contributed by atoms with Crippen LogP contribution in [0.2, 0.25) is 10.0 Å². The van der Waals surface area contributed by atoms with E-state index in [4.69, 9.17) is 27.9 Å². The summed E-state index contributed by atoms with van der Waals surface area (Å²) in [5, 5.41) is 6.21. The second-order valence-corrected chi connectivity index (χ2v) is 7.86. The third-order valence-electron chi connectivity index (χ3n) is 4.93. The summed E-state index contributed by atoms with van der Waals surface area (Å²) in [5.74, 6) is 0.136. The molecule has 0 aromatic heterocycles. The zero-order valence-electron chi connectivity index (χ0n) is 14.8. The van der Waals surface area contributed by atoms with Crippen LogP contribution in [0.5, 0.6) is 0 Å². The number of esters is 1. The summed E-state index contributed by atoms with van der Waals surface area (Å²) in [4.78, 5) is 24.8. The molecule has 1 aliphatic heterocycles. The van der Waals surface area contributed by atoms with Gasteiger partial charge in [-0.3, -0.25) is 0 Å². The van der Waals surface area contributed by atoms with Gasteiger partial charge in [0.05, 0.1) is 21.7 Å². The molecule has 2 amide bonds. The van der Waals surface area contributed by atoms with Crippen LogP contribution in [0.25, 0.3) is 0 Å². The molecule has 1 saturated carbocycles. The van der Waals surface area contributed by atoms with Gasteiger partial charge in [0, 0.05) is 5.70 Å². The van der Waals surface area contributed by atoms with Crippen molar-refractivity contribution in [3.05, 3.63) is 45.1 Å². The number of carbonyl (C=O) groups excluding carboxylic acids is 2. The fourth-order valence-electron chi connectivity index (χ4n) is 3.61. The Morgan fingerprint density at radius 2 is 2.00 bits per heavy atom. The maximum atomic E-state index is 12.9. The Bertz CT molecular complexity index is 763. The molecular formula is C19H22Cl2N2O3. The number of nitrogens with one attached hydrogen (secondary N) is 2. The van der Waals surface area contributed by atoms with E-state index in [1.54, 1.807) is 25.1 Å². The van der Waals surface area contributed by atoms with Crippen LogP contribution >= 0.6 is 23.2 Å². The van der Waals surface area contributed by atoms with Gasteiger partial charge in [-0.25, -0.2) is 9.59 Å². The first-order valence-electron chi connectivity index (χ1n) is 8.79. The minimum absolute atomic E-state index is 0.0846. The van der Waals surface area contributed by atoms with Gasteiger partial charge in [0.25, 0.3) is 0 Å². The number of carbonyl (C=O) groups is 2. The predicted octanol–water partition coefficient (Wildman–Crippen LogP) is 4.74. The molecule has 5 nitrogen and oxygen atoms in total. The molecule has 2 aliphatic rings. The first-order chi connectivity index (χ1) is 12.3. The average Bonchev–Trinajstić information content (AvgIpc) is 2.56. The second kappa shape index (κ2) is 7.89. The first-order valence-corrected chi connectivity index (χ1v) is 9.55. The van der Waals surface area contributed by atoms with Crippen molar-refractivity contribution < 1.29 is 14.3 Å². The van der Waals surface area contributed by atoms with Crippen LogP contribution in [0.4, 0.5) is 4.79 Å². The van der Waals surface area contributed by atoms with Crippen LogP contribution in [-0.4, -0.2) is 18.1 Å². The molecule has 26 heavy (non-hydrogen) atoms.